The summed E-state index contributed by atoms with van der Waals surface area (Å²) in [5, 5.41) is 3.30. The van der Waals surface area contributed by atoms with Crippen molar-refractivity contribution in [1.29, 1.82) is 0 Å². The molecule has 1 atom stereocenters. The molecule has 0 heterocycles. The third-order valence-corrected chi connectivity index (χ3v) is 3.86. The lowest BCUT2D eigenvalue weighted by atomic mass is 10.1. The van der Waals surface area contributed by atoms with Crippen LogP contribution in [0.1, 0.15) is 24.1 Å². The molecule has 2 aromatic rings. The first-order valence-corrected chi connectivity index (χ1v) is 8.66. The van der Waals surface area contributed by atoms with Crippen LogP contribution in [0, 0.1) is 0 Å². The number of hydrogen-bond donors (Lipinski definition) is 1. The Balaban J connectivity index is 1.77. The summed E-state index contributed by atoms with van der Waals surface area (Å²) in [5.41, 5.74) is 1.45. The number of alkyl halides is 2. The maximum Gasteiger partial charge on any atom is 0.387 e. The number of hydrogen-bond acceptors (Lipinski definition) is 4. The van der Waals surface area contributed by atoms with Crippen molar-refractivity contribution >= 4 is 29.6 Å². The molecule has 0 aromatic heterocycles. The van der Waals surface area contributed by atoms with Crippen molar-refractivity contribution in [3.63, 3.8) is 0 Å². The van der Waals surface area contributed by atoms with Gasteiger partial charge in [-0.15, -0.1) is 0 Å². The Hall–Kier alpha value is -2.93. The van der Waals surface area contributed by atoms with Gasteiger partial charge < -0.3 is 14.8 Å². The molecule has 0 saturated heterocycles. The summed E-state index contributed by atoms with van der Waals surface area (Å²) >= 11 is 5.82. The van der Waals surface area contributed by atoms with E-state index in [0.29, 0.717) is 10.6 Å². The fourth-order valence-corrected chi connectivity index (χ4v) is 2.35. The van der Waals surface area contributed by atoms with Gasteiger partial charge >= 0.3 is 12.6 Å². The number of carbonyl (C=O) groups is 2. The fraction of sp³-hybridized carbons (Fsp3) is 0.200. The second-order valence-corrected chi connectivity index (χ2v) is 6.17. The Labute approximate surface area is 165 Å². The molecule has 0 aliphatic carbocycles. The third kappa shape index (κ3) is 7.36. The molecule has 1 N–H and O–H groups in total. The number of ether oxygens (including phenoxy) is 2. The second-order valence-electron chi connectivity index (χ2n) is 5.73. The number of benzene rings is 2. The van der Waals surface area contributed by atoms with Gasteiger partial charge in [-0.05, 0) is 48.4 Å². The molecule has 1 amide bonds. The minimum absolute atomic E-state index is 0.0150. The Morgan fingerprint density at radius 1 is 1.11 bits per heavy atom. The van der Waals surface area contributed by atoms with Gasteiger partial charge in [-0.1, -0.05) is 35.9 Å². The summed E-state index contributed by atoms with van der Waals surface area (Å²) in [5.74, 6) is -1.14. The molecular formula is C20H18ClF2NO4. The van der Waals surface area contributed by atoms with Crippen molar-refractivity contribution in [2.75, 3.05) is 6.61 Å². The monoisotopic (exact) mass is 409 g/mol. The topological polar surface area (TPSA) is 64.6 Å². The van der Waals surface area contributed by atoms with Crippen LogP contribution in [0.2, 0.25) is 5.02 Å². The quantitative estimate of drug-likeness (QED) is 0.519. The largest absolute Gasteiger partial charge is 0.452 e. The lowest BCUT2D eigenvalue weighted by Gasteiger charge is -2.14. The first kappa shape index (κ1) is 21.4. The summed E-state index contributed by atoms with van der Waals surface area (Å²) in [6, 6.07) is 12.5. The Morgan fingerprint density at radius 3 is 2.36 bits per heavy atom. The molecule has 0 spiro atoms. The summed E-state index contributed by atoms with van der Waals surface area (Å²) in [6.45, 7) is -1.53. The number of nitrogens with one attached hydrogen (secondary N) is 1. The molecule has 5 nitrogen and oxygen atoms in total. The molecular weight excluding hydrogens is 392 g/mol. The van der Waals surface area contributed by atoms with Gasteiger partial charge in [-0.3, -0.25) is 4.79 Å². The molecule has 0 aliphatic heterocycles. The van der Waals surface area contributed by atoms with E-state index in [2.05, 4.69) is 10.1 Å². The molecule has 148 valence electrons. The van der Waals surface area contributed by atoms with Gasteiger partial charge in [0.15, 0.2) is 6.61 Å². The first-order valence-electron chi connectivity index (χ1n) is 8.28. The lowest BCUT2D eigenvalue weighted by molar-refractivity contribution is -0.144. The van der Waals surface area contributed by atoms with Gasteiger partial charge in [0.1, 0.15) is 5.75 Å². The molecule has 0 radical (unpaired) electrons. The van der Waals surface area contributed by atoms with Gasteiger partial charge in [0.2, 0.25) is 0 Å². The molecule has 0 unspecified atom stereocenters. The van der Waals surface area contributed by atoms with Gasteiger partial charge in [0.25, 0.3) is 5.91 Å². The molecule has 0 aliphatic rings. The first-order chi connectivity index (χ1) is 13.3. The average Bonchev–Trinajstić information content (AvgIpc) is 2.66. The number of rotatable bonds is 8. The van der Waals surface area contributed by atoms with Crippen LogP contribution in [-0.2, 0) is 14.3 Å². The smallest absolute Gasteiger partial charge is 0.387 e. The van der Waals surface area contributed by atoms with Crippen LogP contribution >= 0.6 is 11.6 Å². The van der Waals surface area contributed by atoms with Crippen molar-refractivity contribution in [2.24, 2.45) is 0 Å². The third-order valence-electron chi connectivity index (χ3n) is 3.61. The number of amides is 1. The Bertz CT molecular complexity index is 823. The van der Waals surface area contributed by atoms with E-state index in [-0.39, 0.29) is 11.8 Å². The zero-order valence-electron chi connectivity index (χ0n) is 14.9. The minimum atomic E-state index is -2.90. The highest BCUT2D eigenvalue weighted by Gasteiger charge is 2.11. The van der Waals surface area contributed by atoms with Gasteiger partial charge in [-0.25, -0.2) is 4.79 Å². The van der Waals surface area contributed by atoms with Crippen LogP contribution in [0.4, 0.5) is 8.78 Å². The SMILES string of the molecule is C[C@H](NC(=O)COC(=O)/C=C/c1ccc(OC(F)F)cc1)c1ccc(Cl)cc1. The molecule has 8 heteroatoms. The Kier molecular flexibility index (Phi) is 7.95. The van der Waals surface area contributed by atoms with E-state index in [1.54, 1.807) is 31.2 Å². The molecule has 28 heavy (non-hydrogen) atoms. The zero-order chi connectivity index (χ0) is 20.5. The van der Waals surface area contributed by atoms with E-state index in [1.807, 2.05) is 0 Å². The highest BCUT2D eigenvalue weighted by Crippen LogP contribution is 2.16. The second kappa shape index (κ2) is 10.4. The maximum absolute atomic E-state index is 12.1. The number of halogens is 3. The molecule has 2 rings (SSSR count). The summed E-state index contributed by atoms with van der Waals surface area (Å²) in [6.07, 6.45) is 2.57. The van der Waals surface area contributed by atoms with E-state index in [0.717, 1.165) is 11.6 Å². The van der Waals surface area contributed by atoms with E-state index < -0.39 is 25.1 Å². The van der Waals surface area contributed by atoms with Crippen LogP contribution < -0.4 is 10.1 Å². The predicted octanol–water partition coefficient (Wildman–Crippen LogP) is 4.38. The van der Waals surface area contributed by atoms with Gasteiger partial charge in [-0.2, -0.15) is 8.78 Å². The van der Waals surface area contributed by atoms with Crippen molar-refractivity contribution in [2.45, 2.75) is 19.6 Å². The van der Waals surface area contributed by atoms with E-state index in [1.165, 1.54) is 30.3 Å². The zero-order valence-corrected chi connectivity index (χ0v) is 15.7. The summed E-state index contributed by atoms with van der Waals surface area (Å²) in [4.78, 5) is 23.6. The van der Waals surface area contributed by atoms with Crippen molar-refractivity contribution < 1.29 is 27.8 Å². The molecule has 2 aromatic carbocycles. The van der Waals surface area contributed by atoms with Gasteiger partial charge in [0, 0.05) is 11.1 Å². The fourth-order valence-electron chi connectivity index (χ4n) is 2.23. The lowest BCUT2D eigenvalue weighted by Crippen LogP contribution is -2.30. The minimum Gasteiger partial charge on any atom is -0.452 e. The van der Waals surface area contributed by atoms with Crippen LogP contribution in [0.25, 0.3) is 6.08 Å². The van der Waals surface area contributed by atoms with E-state index >= 15 is 0 Å². The summed E-state index contributed by atoms with van der Waals surface area (Å²) in [7, 11) is 0. The standard InChI is InChI=1S/C20H18ClF2NO4/c1-13(15-5-7-16(21)8-6-15)24-18(25)12-27-19(26)11-4-14-2-9-17(10-3-14)28-20(22)23/h2-11,13,20H,12H2,1H3,(H,24,25)/b11-4+/t13-/m0/s1. The number of esters is 1. The average molecular weight is 410 g/mol. The van der Waals surface area contributed by atoms with Gasteiger partial charge in [0.05, 0.1) is 6.04 Å². The normalized spacial score (nSPS) is 12.0. The molecule has 0 saturated carbocycles. The van der Waals surface area contributed by atoms with Crippen molar-refractivity contribution in [3.05, 3.63) is 70.8 Å². The summed E-state index contributed by atoms with van der Waals surface area (Å²) < 4.78 is 33.3. The molecule has 0 fully saturated rings. The van der Waals surface area contributed by atoms with Crippen LogP contribution in [0.15, 0.2) is 54.6 Å². The highest BCUT2D eigenvalue weighted by molar-refractivity contribution is 6.30. The van der Waals surface area contributed by atoms with E-state index in [4.69, 9.17) is 16.3 Å². The maximum atomic E-state index is 12.1. The van der Waals surface area contributed by atoms with Crippen LogP contribution in [0.5, 0.6) is 5.75 Å². The van der Waals surface area contributed by atoms with E-state index in [9.17, 15) is 18.4 Å². The Morgan fingerprint density at radius 2 is 1.75 bits per heavy atom. The molecule has 0 bridgehead atoms. The van der Waals surface area contributed by atoms with Crippen molar-refractivity contribution in [3.8, 4) is 5.75 Å². The van der Waals surface area contributed by atoms with Crippen molar-refractivity contribution in [1.82, 2.24) is 5.32 Å². The van der Waals surface area contributed by atoms with Crippen LogP contribution in [-0.4, -0.2) is 25.1 Å². The van der Waals surface area contributed by atoms with Crippen LogP contribution in [0.3, 0.4) is 0 Å². The predicted molar refractivity (Wildman–Crippen MR) is 101 cm³/mol. The highest BCUT2D eigenvalue weighted by atomic mass is 35.5. The number of carbonyl (C=O) groups excluding carboxylic acids is 2.